The summed E-state index contributed by atoms with van der Waals surface area (Å²) in [5.41, 5.74) is 3.59. The maximum absolute atomic E-state index is 12.8. The van der Waals surface area contributed by atoms with Crippen molar-refractivity contribution in [2.75, 3.05) is 17.2 Å². The summed E-state index contributed by atoms with van der Waals surface area (Å²) >= 11 is 0. The minimum absolute atomic E-state index is 0.0377. The number of rotatable bonds is 8. The molecule has 0 spiro atoms. The molecule has 0 saturated carbocycles. The Morgan fingerprint density at radius 3 is 1.91 bits per heavy atom. The first-order valence-corrected chi connectivity index (χ1v) is 11.7. The zero-order chi connectivity index (χ0) is 24.7. The van der Waals surface area contributed by atoms with Crippen molar-refractivity contribution in [3.8, 4) is 5.75 Å². The Balaban J connectivity index is 1.61. The summed E-state index contributed by atoms with van der Waals surface area (Å²) in [6.07, 6.45) is 0.921. The Morgan fingerprint density at radius 2 is 1.35 bits per heavy atom. The molecule has 2 amide bonds. The van der Waals surface area contributed by atoms with E-state index in [4.69, 9.17) is 4.74 Å². The molecule has 0 aliphatic rings. The van der Waals surface area contributed by atoms with Crippen LogP contribution in [0.2, 0.25) is 0 Å². The number of benzene rings is 3. The number of para-hydroxylation sites is 1. The molecule has 34 heavy (non-hydrogen) atoms. The van der Waals surface area contributed by atoms with Gasteiger partial charge in [0, 0.05) is 16.9 Å². The SMILES string of the molecule is CC(C)CCOc1ccccc1C(=O)Nc1ccc(NC(=O)c2ccc(C(C)(C)C)cc2)cc1. The van der Waals surface area contributed by atoms with Gasteiger partial charge in [-0.2, -0.15) is 0 Å². The molecule has 5 heteroatoms. The third-order valence-corrected chi connectivity index (χ3v) is 5.50. The number of carbonyl (C=O) groups is 2. The van der Waals surface area contributed by atoms with Crippen molar-refractivity contribution in [1.29, 1.82) is 0 Å². The summed E-state index contributed by atoms with van der Waals surface area (Å²) < 4.78 is 5.83. The summed E-state index contributed by atoms with van der Waals surface area (Å²) in [6, 6.07) is 21.9. The highest BCUT2D eigenvalue weighted by atomic mass is 16.5. The van der Waals surface area contributed by atoms with E-state index in [9.17, 15) is 9.59 Å². The topological polar surface area (TPSA) is 67.4 Å². The molecule has 3 aromatic carbocycles. The van der Waals surface area contributed by atoms with Crippen LogP contribution in [-0.4, -0.2) is 18.4 Å². The lowest BCUT2D eigenvalue weighted by atomic mass is 9.87. The normalized spacial score (nSPS) is 11.2. The minimum atomic E-state index is -0.240. The van der Waals surface area contributed by atoms with Gasteiger partial charge in [-0.15, -0.1) is 0 Å². The van der Waals surface area contributed by atoms with Gasteiger partial charge >= 0.3 is 0 Å². The fourth-order valence-electron chi connectivity index (χ4n) is 3.34. The first-order chi connectivity index (χ1) is 16.1. The molecule has 2 N–H and O–H groups in total. The van der Waals surface area contributed by atoms with Crippen LogP contribution in [0.1, 0.15) is 67.3 Å². The fourth-order valence-corrected chi connectivity index (χ4v) is 3.34. The number of amides is 2. The number of carbonyl (C=O) groups excluding carboxylic acids is 2. The van der Waals surface area contributed by atoms with E-state index in [1.807, 2.05) is 42.5 Å². The van der Waals surface area contributed by atoms with Gasteiger partial charge in [-0.1, -0.05) is 58.9 Å². The van der Waals surface area contributed by atoms with E-state index in [-0.39, 0.29) is 17.2 Å². The first kappa shape index (κ1) is 25.0. The van der Waals surface area contributed by atoms with Gasteiger partial charge in [-0.05, 0) is 71.8 Å². The van der Waals surface area contributed by atoms with Gasteiger partial charge in [0.2, 0.25) is 0 Å². The van der Waals surface area contributed by atoms with Crippen LogP contribution in [0.3, 0.4) is 0 Å². The number of nitrogens with one attached hydrogen (secondary N) is 2. The van der Waals surface area contributed by atoms with Gasteiger partial charge in [0.25, 0.3) is 11.8 Å². The van der Waals surface area contributed by atoms with Crippen molar-refractivity contribution < 1.29 is 14.3 Å². The van der Waals surface area contributed by atoms with Gasteiger partial charge < -0.3 is 15.4 Å². The van der Waals surface area contributed by atoms with Crippen LogP contribution in [-0.2, 0) is 5.41 Å². The molecule has 0 bridgehead atoms. The zero-order valence-corrected chi connectivity index (χ0v) is 20.6. The van der Waals surface area contributed by atoms with E-state index < -0.39 is 0 Å². The van der Waals surface area contributed by atoms with Gasteiger partial charge in [0.05, 0.1) is 12.2 Å². The molecular weight excluding hydrogens is 424 g/mol. The highest BCUT2D eigenvalue weighted by Crippen LogP contribution is 2.23. The van der Waals surface area contributed by atoms with E-state index in [0.29, 0.717) is 40.8 Å². The van der Waals surface area contributed by atoms with Crippen LogP contribution in [0.4, 0.5) is 11.4 Å². The monoisotopic (exact) mass is 458 g/mol. The standard InChI is InChI=1S/C29H34N2O3/c1-20(2)18-19-34-26-9-7-6-8-25(26)28(33)31-24-16-14-23(15-17-24)30-27(32)21-10-12-22(13-11-21)29(3,4)5/h6-17,20H,18-19H2,1-5H3,(H,30,32)(H,31,33). The van der Waals surface area contributed by atoms with Crippen LogP contribution >= 0.6 is 0 Å². The largest absolute Gasteiger partial charge is 0.493 e. The molecule has 0 aliphatic carbocycles. The number of hydrogen-bond acceptors (Lipinski definition) is 3. The van der Waals surface area contributed by atoms with Crippen molar-refractivity contribution in [2.45, 2.75) is 46.5 Å². The molecule has 0 unspecified atom stereocenters. The van der Waals surface area contributed by atoms with Crippen molar-refractivity contribution >= 4 is 23.2 Å². The van der Waals surface area contributed by atoms with Gasteiger partial charge in [0.1, 0.15) is 5.75 Å². The minimum Gasteiger partial charge on any atom is -0.493 e. The highest BCUT2D eigenvalue weighted by Gasteiger charge is 2.15. The molecular formula is C29H34N2O3. The maximum atomic E-state index is 12.8. The summed E-state index contributed by atoms with van der Waals surface area (Å²) in [6.45, 7) is 11.3. The summed E-state index contributed by atoms with van der Waals surface area (Å²) in [5.74, 6) is 0.686. The molecule has 0 radical (unpaired) electrons. The predicted molar refractivity (Wildman–Crippen MR) is 139 cm³/mol. The van der Waals surface area contributed by atoms with Crippen LogP contribution in [0.5, 0.6) is 5.75 Å². The Hall–Kier alpha value is -3.60. The molecule has 0 fully saturated rings. The smallest absolute Gasteiger partial charge is 0.259 e. The summed E-state index contributed by atoms with van der Waals surface area (Å²) in [7, 11) is 0. The van der Waals surface area contributed by atoms with E-state index >= 15 is 0 Å². The highest BCUT2D eigenvalue weighted by molar-refractivity contribution is 6.07. The Kier molecular flexibility index (Phi) is 8.11. The van der Waals surface area contributed by atoms with Crippen LogP contribution in [0.15, 0.2) is 72.8 Å². The second-order valence-electron chi connectivity index (χ2n) is 9.84. The summed E-state index contributed by atoms with van der Waals surface area (Å²) in [4.78, 5) is 25.4. The van der Waals surface area contributed by atoms with Crippen molar-refractivity contribution in [3.63, 3.8) is 0 Å². The second kappa shape index (κ2) is 11.0. The average molecular weight is 459 g/mol. The Morgan fingerprint density at radius 1 is 0.794 bits per heavy atom. The lowest BCUT2D eigenvalue weighted by Gasteiger charge is -2.19. The third kappa shape index (κ3) is 6.95. The third-order valence-electron chi connectivity index (χ3n) is 5.50. The van der Waals surface area contributed by atoms with Gasteiger partial charge in [0.15, 0.2) is 0 Å². The van der Waals surface area contributed by atoms with E-state index in [1.54, 1.807) is 30.3 Å². The maximum Gasteiger partial charge on any atom is 0.259 e. The molecule has 0 heterocycles. The lowest BCUT2D eigenvalue weighted by molar-refractivity contribution is 0.101. The molecule has 3 rings (SSSR count). The molecule has 0 saturated heterocycles. The van der Waals surface area contributed by atoms with Gasteiger partial charge in [-0.3, -0.25) is 9.59 Å². The predicted octanol–water partition coefficient (Wildman–Crippen LogP) is 6.91. The molecule has 0 atom stereocenters. The van der Waals surface area contributed by atoms with Gasteiger partial charge in [-0.25, -0.2) is 0 Å². The first-order valence-electron chi connectivity index (χ1n) is 11.7. The zero-order valence-electron chi connectivity index (χ0n) is 20.6. The Bertz CT molecular complexity index is 1110. The van der Waals surface area contributed by atoms with E-state index in [1.165, 1.54) is 5.56 Å². The van der Waals surface area contributed by atoms with Crippen molar-refractivity contribution in [2.24, 2.45) is 5.92 Å². The Labute approximate surface area is 202 Å². The average Bonchev–Trinajstić information content (AvgIpc) is 2.80. The van der Waals surface area contributed by atoms with E-state index in [2.05, 4.69) is 45.3 Å². The van der Waals surface area contributed by atoms with Crippen LogP contribution < -0.4 is 15.4 Å². The van der Waals surface area contributed by atoms with Crippen molar-refractivity contribution in [3.05, 3.63) is 89.5 Å². The van der Waals surface area contributed by atoms with Crippen LogP contribution in [0, 0.1) is 5.92 Å². The lowest BCUT2D eigenvalue weighted by Crippen LogP contribution is -2.15. The molecule has 178 valence electrons. The van der Waals surface area contributed by atoms with Crippen LogP contribution in [0.25, 0.3) is 0 Å². The fraction of sp³-hybridized carbons (Fsp3) is 0.310. The summed E-state index contributed by atoms with van der Waals surface area (Å²) in [5, 5.41) is 5.80. The molecule has 0 aliphatic heterocycles. The quantitative estimate of drug-likeness (QED) is 0.385. The number of ether oxygens (including phenoxy) is 1. The number of hydrogen-bond donors (Lipinski definition) is 2. The van der Waals surface area contributed by atoms with E-state index in [0.717, 1.165) is 6.42 Å². The second-order valence-corrected chi connectivity index (χ2v) is 9.84. The molecule has 0 aromatic heterocycles. The molecule has 3 aromatic rings. The molecule has 5 nitrogen and oxygen atoms in total. The van der Waals surface area contributed by atoms with Crippen molar-refractivity contribution in [1.82, 2.24) is 0 Å². The number of anilines is 2.